The minimum atomic E-state index is -0.772. The molecule has 0 bridgehead atoms. The third kappa shape index (κ3) is 6.60. The highest BCUT2D eigenvalue weighted by Crippen LogP contribution is 2.30. The van der Waals surface area contributed by atoms with Gasteiger partial charge in [-0.05, 0) is 58.2 Å². The topological polar surface area (TPSA) is 57.6 Å². The smallest absolute Gasteiger partial charge is 0.303 e. The Hall–Kier alpha value is -3.92. The Balaban J connectivity index is 1.52. The maximum absolute atomic E-state index is 13.0. The van der Waals surface area contributed by atoms with Crippen LogP contribution in [-0.2, 0) is 28.9 Å². The highest BCUT2D eigenvalue weighted by Gasteiger charge is 2.17. The van der Waals surface area contributed by atoms with Gasteiger partial charge in [-0.2, -0.15) is 0 Å². The molecule has 1 unspecified atom stereocenters. The minimum absolute atomic E-state index is 0.104. The van der Waals surface area contributed by atoms with Gasteiger partial charge in [-0.25, -0.2) is 0 Å². The fraction of sp³-hybridized carbons (Fsp3) is 0.250. The van der Waals surface area contributed by atoms with Crippen molar-refractivity contribution in [1.29, 1.82) is 0 Å². The molecule has 0 heterocycles. The maximum Gasteiger partial charge on any atom is 0.303 e. The summed E-state index contributed by atoms with van der Waals surface area (Å²) in [5.74, 6) is -0.555. The summed E-state index contributed by atoms with van der Waals surface area (Å²) >= 11 is 0. The summed E-state index contributed by atoms with van der Waals surface area (Å²) in [5.41, 5.74) is 4.58. The van der Waals surface area contributed by atoms with Crippen LogP contribution in [-0.4, -0.2) is 35.5 Å². The third-order valence-corrected chi connectivity index (χ3v) is 6.89. The molecule has 0 fully saturated rings. The molecule has 1 N–H and O–H groups in total. The van der Waals surface area contributed by atoms with Crippen LogP contribution in [0.2, 0.25) is 0 Å². The molecule has 0 spiro atoms. The highest BCUT2D eigenvalue weighted by molar-refractivity contribution is 5.92. The van der Waals surface area contributed by atoms with Crippen molar-refractivity contribution in [2.24, 2.45) is 0 Å². The Morgan fingerprint density at radius 3 is 2.06 bits per heavy atom. The van der Waals surface area contributed by atoms with E-state index in [-0.39, 0.29) is 18.2 Å². The lowest BCUT2D eigenvalue weighted by Crippen LogP contribution is -2.30. The molecule has 0 saturated heterocycles. The van der Waals surface area contributed by atoms with Crippen molar-refractivity contribution in [3.63, 3.8) is 0 Å². The maximum atomic E-state index is 13.0. The summed E-state index contributed by atoms with van der Waals surface area (Å²) in [6, 6.07) is 32.8. The van der Waals surface area contributed by atoms with E-state index in [9.17, 15) is 14.7 Å². The molecule has 0 radical (unpaired) electrons. The van der Waals surface area contributed by atoms with Crippen LogP contribution in [0.1, 0.15) is 41.0 Å². The summed E-state index contributed by atoms with van der Waals surface area (Å²) in [6.07, 6.45) is 2.66. The molecule has 4 nitrogen and oxygen atoms in total. The van der Waals surface area contributed by atoms with Crippen molar-refractivity contribution in [1.82, 2.24) is 4.90 Å². The van der Waals surface area contributed by atoms with Crippen molar-refractivity contribution < 1.29 is 14.7 Å². The predicted molar refractivity (Wildman–Crippen MR) is 145 cm³/mol. The summed E-state index contributed by atoms with van der Waals surface area (Å²) in [4.78, 5) is 26.2. The first-order valence-corrected chi connectivity index (χ1v) is 12.6. The largest absolute Gasteiger partial charge is 0.481 e. The van der Waals surface area contributed by atoms with Gasteiger partial charge < -0.3 is 10.0 Å². The molecular weight excluding hydrogens is 446 g/mol. The number of fused-ring (bicyclic) bond motifs is 1. The second-order valence-corrected chi connectivity index (χ2v) is 9.40. The lowest BCUT2D eigenvalue weighted by atomic mass is 9.86. The minimum Gasteiger partial charge on any atom is -0.481 e. The fourth-order valence-electron chi connectivity index (χ4n) is 4.81. The van der Waals surface area contributed by atoms with E-state index in [1.165, 1.54) is 11.1 Å². The molecule has 0 aliphatic carbocycles. The first kappa shape index (κ1) is 25.2. The molecule has 184 valence electrons. The standard InChI is InChI=1S/C32H33NO3/c1-33(21-20-24-10-4-2-5-11-24)31(34)23-28-15-9-16-29-27(14-8-17-30(28)29)22-26(18-19-32(35)36)25-12-6-3-7-13-25/h2-17,26H,18-23H2,1H3,(H,35,36). The van der Waals surface area contributed by atoms with E-state index in [0.717, 1.165) is 34.7 Å². The quantitative estimate of drug-likeness (QED) is 0.276. The van der Waals surface area contributed by atoms with Crippen molar-refractivity contribution in [3.05, 3.63) is 119 Å². The SMILES string of the molecule is CN(CCc1ccccc1)C(=O)Cc1cccc2c(CC(CCC(=O)O)c3ccccc3)cccc12. The Morgan fingerprint density at radius 1 is 0.778 bits per heavy atom. The first-order chi connectivity index (χ1) is 17.5. The molecule has 0 aromatic heterocycles. The van der Waals surface area contributed by atoms with E-state index in [0.29, 0.717) is 19.4 Å². The van der Waals surface area contributed by atoms with Crippen molar-refractivity contribution in [2.75, 3.05) is 13.6 Å². The Morgan fingerprint density at radius 2 is 1.39 bits per heavy atom. The zero-order chi connectivity index (χ0) is 25.3. The molecule has 1 amide bonds. The molecule has 4 aromatic rings. The number of aliphatic carboxylic acids is 1. The zero-order valence-corrected chi connectivity index (χ0v) is 20.8. The Kier molecular flexibility index (Phi) is 8.51. The van der Waals surface area contributed by atoms with Gasteiger partial charge >= 0.3 is 5.97 Å². The van der Waals surface area contributed by atoms with Crippen molar-refractivity contribution in [3.8, 4) is 0 Å². The highest BCUT2D eigenvalue weighted by atomic mass is 16.4. The van der Waals surface area contributed by atoms with Crippen LogP contribution in [0.4, 0.5) is 0 Å². The van der Waals surface area contributed by atoms with Crippen molar-refractivity contribution in [2.45, 2.75) is 38.0 Å². The second kappa shape index (κ2) is 12.2. The average molecular weight is 480 g/mol. The summed E-state index contributed by atoms with van der Waals surface area (Å²) in [7, 11) is 1.87. The second-order valence-electron chi connectivity index (χ2n) is 9.40. The number of carboxylic acids is 1. The van der Waals surface area contributed by atoms with E-state index < -0.39 is 5.97 Å². The number of likely N-dealkylation sites (N-methyl/N-ethyl adjacent to an activating group) is 1. The molecular formula is C32H33NO3. The van der Waals surface area contributed by atoms with Gasteiger partial charge in [-0.3, -0.25) is 9.59 Å². The fourth-order valence-corrected chi connectivity index (χ4v) is 4.81. The van der Waals surface area contributed by atoms with Crippen LogP contribution in [0.3, 0.4) is 0 Å². The van der Waals surface area contributed by atoms with E-state index in [2.05, 4.69) is 42.5 Å². The summed E-state index contributed by atoms with van der Waals surface area (Å²) in [5, 5.41) is 11.5. The molecule has 4 heteroatoms. The number of hydrogen-bond acceptors (Lipinski definition) is 2. The van der Waals surface area contributed by atoms with Gasteiger partial charge in [0.2, 0.25) is 5.91 Å². The van der Waals surface area contributed by atoms with Gasteiger partial charge in [-0.1, -0.05) is 97.1 Å². The summed E-state index contributed by atoms with van der Waals surface area (Å²) in [6.45, 7) is 0.682. The third-order valence-electron chi connectivity index (χ3n) is 6.89. The van der Waals surface area contributed by atoms with Gasteiger partial charge in [0.15, 0.2) is 0 Å². The van der Waals surface area contributed by atoms with Crippen LogP contribution in [0.15, 0.2) is 97.1 Å². The van der Waals surface area contributed by atoms with Crippen molar-refractivity contribution >= 4 is 22.6 Å². The molecule has 0 aliphatic rings. The van der Waals surface area contributed by atoms with Crippen LogP contribution < -0.4 is 0 Å². The number of carbonyl (C=O) groups excluding carboxylic acids is 1. The van der Waals surface area contributed by atoms with Gasteiger partial charge in [0.1, 0.15) is 0 Å². The van der Waals surface area contributed by atoms with Gasteiger partial charge in [0.05, 0.1) is 6.42 Å². The van der Waals surface area contributed by atoms with E-state index in [1.54, 1.807) is 0 Å². The van der Waals surface area contributed by atoms with Crippen LogP contribution in [0.5, 0.6) is 0 Å². The van der Waals surface area contributed by atoms with Crippen LogP contribution in [0, 0.1) is 0 Å². The van der Waals surface area contributed by atoms with Gasteiger partial charge in [-0.15, -0.1) is 0 Å². The number of hydrogen-bond donors (Lipinski definition) is 1. The Bertz CT molecular complexity index is 1300. The number of rotatable bonds is 11. The van der Waals surface area contributed by atoms with E-state index >= 15 is 0 Å². The first-order valence-electron chi connectivity index (χ1n) is 12.6. The number of carbonyl (C=O) groups is 2. The monoisotopic (exact) mass is 479 g/mol. The number of amides is 1. The van der Waals surface area contributed by atoms with Crippen LogP contribution >= 0.6 is 0 Å². The number of carboxylic acid groups (broad SMARTS) is 1. The van der Waals surface area contributed by atoms with Gasteiger partial charge in [0, 0.05) is 20.0 Å². The molecule has 0 aliphatic heterocycles. The number of benzene rings is 4. The lowest BCUT2D eigenvalue weighted by molar-refractivity contribution is -0.137. The molecule has 4 rings (SSSR count). The average Bonchev–Trinajstić information content (AvgIpc) is 2.91. The van der Waals surface area contributed by atoms with Gasteiger partial charge in [0.25, 0.3) is 0 Å². The normalized spacial score (nSPS) is 11.8. The predicted octanol–water partition coefficient (Wildman–Crippen LogP) is 6.27. The molecule has 0 saturated carbocycles. The van der Waals surface area contributed by atoms with E-state index in [1.807, 2.05) is 66.5 Å². The summed E-state index contributed by atoms with van der Waals surface area (Å²) < 4.78 is 0. The molecule has 1 atom stereocenters. The number of nitrogens with zero attached hydrogens (tertiary/aromatic N) is 1. The molecule has 36 heavy (non-hydrogen) atoms. The van der Waals surface area contributed by atoms with E-state index in [4.69, 9.17) is 0 Å². The Labute approximate surface area is 213 Å². The lowest BCUT2D eigenvalue weighted by Gasteiger charge is -2.20. The molecule has 4 aromatic carbocycles. The van der Waals surface area contributed by atoms with Crippen LogP contribution in [0.25, 0.3) is 10.8 Å². The zero-order valence-electron chi connectivity index (χ0n) is 20.8.